The molecule has 5 atom stereocenters. The minimum Gasteiger partial charge on any atom is -0.393 e. The van der Waals surface area contributed by atoms with Crippen LogP contribution in [0, 0.1) is 22.7 Å². The summed E-state index contributed by atoms with van der Waals surface area (Å²) in [6, 6.07) is 0. The number of aliphatic hydroxyl groups is 2. The molecule has 20 heavy (non-hydrogen) atoms. The van der Waals surface area contributed by atoms with Gasteiger partial charge < -0.3 is 10.2 Å². The van der Waals surface area contributed by atoms with Crippen molar-refractivity contribution in [3.8, 4) is 0 Å². The third-order valence-corrected chi connectivity index (χ3v) is 6.43. The van der Waals surface area contributed by atoms with E-state index in [4.69, 9.17) is 0 Å². The fraction of sp³-hybridized carbons (Fsp3) is 0.889. The summed E-state index contributed by atoms with van der Waals surface area (Å²) in [5, 5.41) is 20.0. The van der Waals surface area contributed by atoms with Crippen LogP contribution in [0.2, 0.25) is 0 Å². The van der Waals surface area contributed by atoms with Crippen LogP contribution in [0.3, 0.4) is 0 Å². The molecule has 2 N–H and O–H groups in total. The first kappa shape index (κ1) is 16.0. The van der Waals surface area contributed by atoms with Crippen LogP contribution in [-0.4, -0.2) is 22.4 Å². The van der Waals surface area contributed by atoms with Crippen molar-refractivity contribution in [1.82, 2.24) is 0 Å². The molecule has 2 rings (SSSR count). The van der Waals surface area contributed by atoms with E-state index in [1.54, 1.807) is 0 Å². The lowest BCUT2D eigenvalue weighted by molar-refractivity contribution is -0.125. The Labute approximate surface area is 124 Å². The highest BCUT2D eigenvalue weighted by molar-refractivity contribution is 5.16. The molecule has 0 bridgehead atoms. The number of hydrogen-bond acceptors (Lipinski definition) is 2. The molecule has 2 aliphatic carbocycles. The molecular formula is C18H32O2. The molecule has 0 saturated heterocycles. The number of rotatable bonds is 3. The summed E-state index contributed by atoms with van der Waals surface area (Å²) >= 11 is 0. The van der Waals surface area contributed by atoms with Crippen LogP contribution in [0.25, 0.3) is 0 Å². The van der Waals surface area contributed by atoms with Gasteiger partial charge in [-0.05, 0) is 68.1 Å². The molecule has 2 heteroatoms. The Hall–Kier alpha value is -0.340. The van der Waals surface area contributed by atoms with Crippen molar-refractivity contribution in [3.05, 3.63) is 12.2 Å². The summed E-state index contributed by atoms with van der Waals surface area (Å²) in [5.74, 6) is 1.06. The predicted molar refractivity (Wildman–Crippen MR) is 83.4 cm³/mol. The molecule has 0 spiro atoms. The zero-order chi connectivity index (χ0) is 15.1. The van der Waals surface area contributed by atoms with Crippen molar-refractivity contribution >= 4 is 0 Å². The monoisotopic (exact) mass is 280 g/mol. The SMILES string of the molecule is C=C1CC[C@H]2C(C)(C)[C@@H](O)CC[C@]2(C)[C@H]1CC[C@H](C)O. The van der Waals surface area contributed by atoms with E-state index in [0.29, 0.717) is 11.8 Å². The van der Waals surface area contributed by atoms with E-state index in [-0.39, 0.29) is 23.0 Å². The number of aliphatic hydroxyl groups excluding tert-OH is 2. The molecule has 0 aliphatic heterocycles. The van der Waals surface area contributed by atoms with Crippen molar-refractivity contribution in [1.29, 1.82) is 0 Å². The van der Waals surface area contributed by atoms with Gasteiger partial charge in [-0.3, -0.25) is 0 Å². The largest absolute Gasteiger partial charge is 0.393 e. The van der Waals surface area contributed by atoms with Crippen molar-refractivity contribution in [3.63, 3.8) is 0 Å². The molecule has 0 unspecified atom stereocenters. The topological polar surface area (TPSA) is 40.5 Å². The molecule has 0 amide bonds. The quantitative estimate of drug-likeness (QED) is 0.769. The van der Waals surface area contributed by atoms with Gasteiger partial charge in [-0.25, -0.2) is 0 Å². The summed E-state index contributed by atoms with van der Waals surface area (Å²) in [6.07, 6.45) is 5.72. The molecule has 2 nitrogen and oxygen atoms in total. The van der Waals surface area contributed by atoms with Gasteiger partial charge in [0, 0.05) is 0 Å². The Morgan fingerprint density at radius 3 is 2.55 bits per heavy atom. The average Bonchev–Trinajstić information content (AvgIpc) is 2.33. The van der Waals surface area contributed by atoms with Gasteiger partial charge in [0.25, 0.3) is 0 Å². The van der Waals surface area contributed by atoms with Crippen LogP contribution in [0.15, 0.2) is 12.2 Å². The van der Waals surface area contributed by atoms with E-state index < -0.39 is 0 Å². The van der Waals surface area contributed by atoms with Gasteiger partial charge in [-0.15, -0.1) is 0 Å². The molecule has 0 aromatic heterocycles. The lowest BCUT2D eigenvalue weighted by Crippen LogP contribution is -2.54. The van der Waals surface area contributed by atoms with E-state index in [9.17, 15) is 10.2 Å². The van der Waals surface area contributed by atoms with Crippen LogP contribution in [0.1, 0.15) is 66.2 Å². The van der Waals surface area contributed by atoms with Crippen molar-refractivity contribution < 1.29 is 10.2 Å². The smallest absolute Gasteiger partial charge is 0.0594 e. The third-order valence-electron chi connectivity index (χ3n) is 6.43. The molecule has 2 aliphatic rings. The van der Waals surface area contributed by atoms with Gasteiger partial charge in [0.1, 0.15) is 0 Å². The minimum atomic E-state index is -0.228. The molecule has 116 valence electrons. The van der Waals surface area contributed by atoms with E-state index in [1.165, 1.54) is 5.57 Å². The number of allylic oxidation sites excluding steroid dienone is 1. The minimum absolute atomic E-state index is 0.00319. The molecule has 2 saturated carbocycles. The molecule has 0 aromatic rings. The second-order valence-corrected chi connectivity index (χ2v) is 8.11. The molecule has 0 aromatic carbocycles. The fourth-order valence-electron chi connectivity index (χ4n) is 5.11. The summed E-state index contributed by atoms with van der Waals surface area (Å²) in [5.41, 5.74) is 1.61. The third kappa shape index (κ3) is 2.57. The summed E-state index contributed by atoms with van der Waals surface area (Å²) in [7, 11) is 0. The molecule has 0 radical (unpaired) electrons. The second kappa shape index (κ2) is 5.46. The Balaban J connectivity index is 2.26. The van der Waals surface area contributed by atoms with E-state index >= 15 is 0 Å². The van der Waals surface area contributed by atoms with Crippen molar-refractivity contribution in [2.24, 2.45) is 22.7 Å². The maximum absolute atomic E-state index is 10.4. The second-order valence-electron chi connectivity index (χ2n) is 8.11. The number of hydrogen-bond donors (Lipinski definition) is 2. The van der Waals surface area contributed by atoms with Crippen LogP contribution < -0.4 is 0 Å². The van der Waals surface area contributed by atoms with Crippen LogP contribution in [0.5, 0.6) is 0 Å². The van der Waals surface area contributed by atoms with Crippen LogP contribution in [0.4, 0.5) is 0 Å². The Morgan fingerprint density at radius 2 is 1.95 bits per heavy atom. The predicted octanol–water partition coefficient (Wildman–Crippen LogP) is 3.92. The van der Waals surface area contributed by atoms with E-state index in [2.05, 4.69) is 27.4 Å². The van der Waals surface area contributed by atoms with Gasteiger partial charge in [0.2, 0.25) is 0 Å². The maximum Gasteiger partial charge on any atom is 0.0594 e. The van der Waals surface area contributed by atoms with Crippen LogP contribution >= 0.6 is 0 Å². The summed E-state index contributed by atoms with van der Waals surface area (Å²) in [6.45, 7) is 13.1. The highest BCUT2D eigenvalue weighted by atomic mass is 16.3. The molecule has 0 heterocycles. The van der Waals surface area contributed by atoms with Gasteiger partial charge >= 0.3 is 0 Å². The van der Waals surface area contributed by atoms with Crippen molar-refractivity contribution in [2.75, 3.05) is 0 Å². The molecule has 2 fully saturated rings. The van der Waals surface area contributed by atoms with Crippen LogP contribution in [-0.2, 0) is 0 Å². The fourth-order valence-corrected chi connectivity index (χ4v) is 5.11. The maximum atomic E-state index is 10.4. The normalized spacial score (nSPS) is 42.1. The highest BCUT2D eigenvalue weighted by Crippen LogP contribution is 2.61. The Bertz CT molecular complexity index is 372. The summed E-state index contributed by atoms with van der Waals surface area (Å²) in [4.78, 5) is 0. The lowest BCUT2D eigenvalue weighted by atomic mass is 9.46. The highest BCUT2D eigenvalue weighted by Gasteiger charge is 2.55. The first-order valence-electron chi connectivity index (χ1n) is 8.23. The zero-order valence-electron chi connectivity index (χ0n) is 13.7. The lowest BCUT2D eigenvalue weighted by Gasteiger charge is -2.59. The zero-order valence-corrected chi connectivity index (χ0v) is 13.7. The average molecular weight is 280 g/mol. The van der Waals surface area contributed by atoms with Gasteiger partial charge in [0.15, 0.2) is 0 Å². The van der Waals surface area contributed by atoms with Gasteiger partial charge in [-0.2, -0.15) is 0 Å². The van der Waals surface area contributed by atoms with Crippen molar-refractivity contribution in [2.45, 2.75) is 78.4 Å². The van der Waals surface area contributed by atoms with E-state index in [1.807, 2.05) is 6.92 Å². The first-order chi connectivity index (χ1) is 9.19. The van der Waals surface area contributed by atoms with E-state index in [0.717, 1.165) is 38.5 Å². The molecular weight excluding hydrogens is 248 g/mol. The van der Waals surface area contributed by atoms with Gasteiger partial charge in [-0.1, -0.05) is 32.9 Å². The Morgan fingerprint density at radius 1 is 1.30 bits per heavy atom. The number of fused-ring (bicyclic) bond motifs is 1. The van der Waals surface area contributed by atoms with Gasteiger partial charge in [0.05, 0.1) is 12.2 Å². The first-order valence-corrected chi connectivity index (χ1v) is 8.23. The standard InChI is InChI=1S/C18H32O2/c1-12-6-9-15-17(3,4)16(20)10-11-18(15,5)14(12)8-7-13(2)19/h13-16,19-20H,1,6-11H2,2-5H3/t13-,14-,15-,16-,18+/m0/s1. The Kier molecular flexibility index (Phi) is 4.37. The summed E-state index contributed by atoms with van der Waals surface area (Å²) < 4.78 is 0.